The molecule has 0 fully saturated rings. The fraction of sp³-hybridized carbons (Fsp3) is 0.625. The van der Waals surface area contributed by atoms with Crippen molar-refractivity contribution in [2.45, 2.75) is 46.3 Å². The Hall–Kier alpha value is -1.06. The highest BCUT2D eigenvalue weighted by atomic mass is 16.5. The molecular weight excluding hydrogens is 238 g/mol. The first-order chi connectivity index (χ1) is 9.17. The highest BCUT2D eigenvalue weighted by Gasteiger charge is 2.07. The minimum Gasteiger partial charge on any atom is -0.494 e. The Kier molecular flexibility index (Phi) is 7.53. The van der Waals surface area contributed by atoms with Gasteiger partial charge in [0.1, 0.15) is 5.75 Å². The molecule has 0 aliphatic heterocycles. The molecule has 0 spiro atoms. The number of rotatable bonds is 9. The van der Waals surface area contributed by atoms with Gasteiger partial charge in [-0.1, -0.05) is 19.1 Å². The van der Waals surface area contributed by atoms with Crippen molar-refractivity contribution in [1.82, 2.24) is 5.32 Å². The van der Waals surface area contributed by atoms with E-state index in [1.807, 2.05) is 19.1 Å². The van der Waals surface area contributed by atoms with Gasteiger partial charge in [0.05, 0.1) is 12.7 Å². The summed E-state index contributed by atoms with van der Waals surface area (Å²) >= 11 is 0. The fourth-order valence-corrected chi connectivity index (χ4v) is 1.88. The van der Waals surface area contributed by atoms with Crippen LogP contribution in [-0.2, 0) is 4.74 Å². The lowest BCUT2D eigenvalue weighted by Gasteiger charge is -2.18. The third-order valence-electron chi connectivity index (χ3n) is 3.02. The summed E-state index contributed by atoms with van der Waals surface area (Å²) in [6.45, 7) is 10.8. The van der Waals surface area contributed by atoms with Crippen molar-refractivity contribution in [3.05, 3.63) is 29.8 Å². The molecule has 0 saturated carbocycles. The van der Waals surface area contributed by atoms with Crippen LogP contribution in [0.3, 0.4) is 0 Å². The summed E-state index contributed by atoms with van der Waals surface area (Å²) in [4.78, 5) is 0. The van der Waals surface area contributed by atoms with E-state index < -0.39 is 0 Å². The van der Waals surface area contributed by atoms with E-state index in [1.54, 1.807) is 0 Å². The minimum atomic E-state index is 0.250. The van der Waals surface area contributed by atoms with Gasteiger partial charge in [-0.2, -0.15) is 0 Å². The number of hydrogen-bond donors (Lipinski definition) is 1. The molecule has 0 aromatic heterocycles. The molecule has 0 heterocycles. The summed E-state index contributed by atoms with van der Waals surface area (Å²) in [6.07, 6.45) is 1.29. The third-order valence-corrected chi connectivity index (χ3v) is 3.02. The molecule has 19 heavy (non-hydrogen) atoms. The van der Waals surface area contributed by atoms with Crippen molar-refractivity contribution in [3.8, 4) is 5.75 Å². The van der Waals surface area contributed by atoms with Crippen LogP contribution in [0.1, 0.15) is 45.7 Å². The van der Waals surface area contributed by atoms with E-state index >= 15 is 0 Å². The lowest BCUT2D eigenvalue weighted by atomic mass is 10.1. The Labute approximate surface area is 117 Å². The molecule has 2 unspecified atom stereocenters. The molecule has 0 amide bonds. The van der Waals surface area contributed by atoms with E-state index in [2.05, 4.69) is 38.2 Å². The zero-order valence-corrected chi connectivity index (χ0v) is 12.6. The number of hydrogen-bond acceptors (Lipinski definition) is 3. The van der Waals surface area contributed by atoms with Gasteiger partial charge in [-0.25, -0.2) is 0 Å². The Balaban J connectivity index is 2.41. The molecule has 3 heteroatoms. The van der Waals surface area contributed by atoms with Gasteiger partial charge >= 0.3 is 0 Å². The first kappa shape index (κ1) is 16.0. The average molecular weight is 265 g/mol. The van der Waals surface area contributed by atoms with Gasteiger partial charge in [-0.15, -0.1) is 0 Å². The molecule has 3 nitrogen and oxygen atoms in total. The molecule has 0 aliphatic carbocycles. The van der Waals surface area contributed by atoms with Crippen molar-refractivity contribution in [1.29, 1.82) is 0 Å². The van der Waals surface area contributed by atoms with E-state index in [0.29, 0.717) is 6.04 Å². The summed E-state index contributed by atoms with van der Waals surface area (Å²) in [5, 5.41) is 3.48. The van der Waals surface area contributed by atoms with Crippen LogP contribution in [0.25, 0.3) is 0 Å². The molecular formula is C16H27NO2. The van der Waals surface area contributed by atoms with Gasteiger partial charge in [-0.05, 0) is 44.9 Å². The zero-order chi connectivity index (χ0) is 14.1. The van der Waals surface area contributed by atoms with E-state index in [-0.39, 0.29) is 6.10 Å². The molecule has 1 rings (SSSR count). The van der Waals surface area contributed by atoms with Crippen LogP contribution in [0.4, 0.5) is 0 Å². The monoisotopic (exact) mass is 265 g/mol. The summed E-state index contributed by atoms with van der Waals surface area (Å²) in [6, 6.07) is 8.63. The van der Waals surface area contributed by atoms with Crippen LogP contribution < -0.4 is 10.1 Å². The molecule has 108 valence electrons. The highest BCUT2D eigenvalue weighted by Crippen LogP contribution is 2.17. The maximum Gasteiger partial charge on any atom is 0.119 e. The highest BCUT2D eigenvalue weighted by molar-refractivity contribution is 5.28. The van der Waals surface area contributed by atoms with Gasteiger partial charge in [0.25, 0.3) is 0 Å². The van der Waals surface area contributed by atoms with Gasteiger partial charge in [0.2, 0.25) is 0 Å². The average Bonchev–Trinajstić information content (AvgIpc) is 2.43. The summed E-state index contributed by atoms with van der Waals surface area (Å²) in [7, 11) is 0. The predicted molar refractivity (Wildman–Crippen MR) is 79.7 cm³/mol. The second-order valence-electron chi connectivity index (χ2n) is 4.81. The maximum atomic E-state index is 5.58. The largest absolute Gasteiger partial charge is 0.494 e. The second kappa shape index (κ2) is 8.94. The molecule has 1 N–H and O–H groups in total. The summed E-state index contributed by atoms with van der Waals surface area (Å²) in [5.41, 5.74) is 1.27. The van der Waals surface area contributed by atoms with Crippen LogP contribution in [0.15, 0.2) is 24.3 Å². The maximum absolute atomic E-state index is 5.58. The smallest absolute Gasteiger partial charge is 0.119 e. The van der Waals surface area contributed by atoms with E-state index in [4.69, 9.17) is 9.47 Å². The fourth-order valence-electron chi connectivity index (χ4n) is 1.88. The number of nitrogens with one attached hydrogen (secondary N) is 1. The summed E-state index contributed by atoms with van der Waals surface area (Å²) in [5.74, 6) is 0.945. The third kappa shape index (κ3) is 6.08. The van der Waals surface area contributed by atoms with Crippen LogP contribution in [0.5, 0.6) is 5.75 Å². The van der Waals surface area contributed by atoms with Crippen molar-refractivity contribution >= 4 is 0 Å². The molecule has 0 bridgehead atoms. The number of benzene rings is 1. The lowest BCUT2D eigenvalue weighted by molar-refractivity contribution is 0.0743. The van der Waals surface area contributed by atoms with Crippen LogP contribution in [0, 0.1) is 0 Å². The van der Waals surface area contributed by atoms with Crippen molar-refractivity contribution < 1.29 is 9.47 Å². The number of ether oxygens (including phenoxy) is 2. The normalized spacial score (nSPS) is 14.1. The molecule has 0 saturated heterocycles. The zero-order valence-electron chi connectivity index (χ0n) is 12.6. The first-order valence-corrected chi connectivity index (χ1v) is 7.25. The lowest BCUT2D eigenvalue weighted by Crippen LogP contribution is -2.29. The molecule has 0 radical (unpaired) electrons. The van der Waals surface area contributed by atoms with E-state index in [9.17, 15) is 0 Å². The van der Waals surface area contributed by atoms with Crippen LogP contribution in [-0.4, -0.2) is 25.9 Å². The summed E-state index contributed by atoms with van der Waals surface area (Å²) < 4.78 is 11.1. The second-order valence-corrected chi connectivity index (χ2v) is 4.81. The Morgan fingerprint density at radius 1 is 1.11 bits per heavy atom. The van der Waals surface area contributed by atoms with Crippen LogP contribution >= 0.6 is 0 Å². The van der Waals surface area contributed by atoms with Gasteiger partial charge in [0.15, 0.2) is 0 Å². The van der Waals surface area contributed by atoms with Gasteiger partial charge in [0, 0.05) is 19.2 Å². The van der Waals surface area contributed by atoms with Gasteiger partial charge < -0.3 is 14.8 Å². The molecule has 1 aromatic rings. The Bertz CT molecular complexity index is 337. The van der Waals surface area contributed by atoms with Crippen molar-refractivity contribution in [2.24, 2.45) is 0 Å². The van der Waals surface area contributed by atoms with Crippen molar-refractivity contribution in [2.75, 3.05) is 19.8 Å². The Morgan fingerprint density at radius 2 is 1.79 bits per heavy atom. The Morgan fingerprint density at radius 3 is 2.37 bits per heavy atom. The predicted octanol–water partition coefficient (Wildman–Crippen LogP) is 3.55. The van der Waals surface area contributed by atoms with E-state index in [1.165, 1.54) is 5.56 Å². The SMILES string of the molecule is CCCOc1ccc(C(C)NCC(C)OCC)cc1. The quantitative estimate of drug-likeness (QED) is 0.740. The van der Waals surface area contributed by atoms with Crippen LogP contribution in [0.2, 0.25) is 0 Å². The topological polar surface area (TPSA) is 30.5 Å². The first-order valence-electron chi connectivity index (χ1n) is 7.25. The van der Waals surface area contributed by atoms with Crippen molar-refractivity contribution in [3.63, 3.8) is 0 Å². The molecule has 2 atom stereocenters. The standard InChI is InChI=1S/C16H27NO2/c1-5-11-19-16-9-7-15(8-10-16)14(4)17-12-13(3)18-6-2/h7-10,13-14,17H,5-6,11-12H2,1-4H3. The molecule has 1 aromatic carbocycles. The minimum absolute atomic E-state index is 0.250. The van der Waals surface area contributed by atoms with Gasteiger partial charge in [-0.3, -0.25) is 0 Å². The van der Waals surface area contributed by atoms with E-state index in [0.717, 1.165) is 31.9 Å². The molecule has 0 aliphatic rings.